The number of aryl methyl sites for hydroxylation is 2. The molecule has 0 aliphatic carbocycles. The molecule has 0 aliphatic heterocycles. The van der Waals surface area contributed by atoms with Gasteiger partial charge in [0.2, 0.25) is 0 Å². The SMILES string of the molecule is Cc1ccc(NC(=O)NCCn2cc(C(C)C)c(C)n2)cn1. The van der Waals surface area contributed by atoms with Gasteiger partial charge in [-0.3, -0.25) is 9.67 Å². The van der Waals surface area contributed by atoms with E-state index in [1.807, 2.05) is 36.9 Å². The number of carbonyl (C=O) groups is 1. The highest BCUT2D eigenvalue weighted by molar-refractivity contribution is 5.88. The second-order valence-corrected chi connectivity index (χ2v) is 5.66. The molecule has 2 N–H and O–H groups in total. The standard InChI is InChI=1S/C16H23N5O/c1-11(2)15-10-21(20-13(15)4)8-7-17-16(22)19-14-6-5-12(3)18-9-14/h5-6,9-11H,7-8H2,1-4H3,(H2,17,19,22). The zero-order valence-corrected chi connectivity index (χ0v) is 13.6. The molecule has 2 rings (SSSR count). The van der Waals surface area contributed by atoms with Crippen molar-refractivity contribution in [2.24, 2.45) is 0 Å². The summed E-state index contributed by atoms with van der Waals surface area (Å²) in [5.74, 6) is 0.457. The normalized spacial score (nSPS) is 10.8. The van der Waals surface area contributed by atoms with E-state index in [0.29, 0.717) is 24.7 Å². The molecule has 0 radical (unpaired) electrons. The number of hydrogen-bond donors (Lipinski definition) is 2. The Morgan fingerprint density at radius 2 is 2.09 bits per heavy atom. The maximum absolute atomic E-state index is 11.8. The van der Waals surface area contributed by atoms with E-state index in [-0.39, 0.29) is 6.03 Å². The van der Waals surface area contributed by atoms with Crippen molar-refractivity contribution < 1.29 is 4.79 Å². The van der Waals surface area contributed by atoms with Gasteiger partial charge < -0.3 is 10.6 Å². The Labute approximate surface area is 130 Å². The first-order valence-electron chi connectivity index (χ1n) is 7.47. The molecular weight excluding hydrogens is 278 g/mol. The quantitative estimate of drug-likeness (QED) is 0.892. The predicted octanol–water partition coefficient (Wildman–Crippen LogP) is 2.84. The van der Waals surface area contributed by atoms with Crippen molar-refractivity contribution in [1.29, 1.82) is 0 Å². The fraction of sp³-hybridized carbons (Fsp3) is 0.438. The van der Waals surface area contributed by atoms with Crippen LogP contribution in [0.2, 0.25) is 0 Å². The zero-order valence-electron chi connectivity index (χ0n) is 13.6. The Morgan fingerprint density at radius 3 is 2.68 bits per heavy atom. The molecule has 0 atom stereocenters. The van der Waals surface area contributed by atoms with Crippen LogP contribution in [0.15, 0.2) is 24.5 Å². The van der Waals surface area contributed by atoms with Gasteiger partial charge in [0, 0.05) is 18.4 Å². The molecule has 0 aromatic carbocycles. The smallest absolute Gasteiger partial charge is 0.319 e. The van der Waals surface area contributed by atoms with Crippen LogP contribution in [-0.4, -0.2) is 27.3 Å². The van der Waals surface area contributed by atoms with Crippen LogP contribution in [0.4, 0.5) is 10.5 Å². The van der Waals surface area contributed by atoms with Crippen LogP contribution in [0.5, 0.6) is 0 Å². The van der Waals surface area contributed by atoms with Crippen LogP contribution in [0, 0.1) is 13.8 Å². The number of carbonyl (C=O) groups excluding carboxylic acids is 1. The van der Waals surface area contributed by atoms with E-state index in [1.54, 1.807) is 6.20 Å². The average molecular weight is 301 g/mol. The number of aromatic nitrogens is 3. The summed E-state index contributed by atoms with van der Waals surface area (Å²) >= 11 is 0. The molecule has 0 bridgehead atoms. The van der Waals surface area contributed by atoms with Crippen LogP contribution >= 0.6 is 0 Å². The number of rotatable bonds is 5. The van der Waals surface area contributed by atoms with Crippen molar-refractivity contribution in [3.8, 4) is 0 Å². The molecule has 6 nitrogen and oxygen atoms in total. The largest absolute Gasteiger partial charge is 0.336 e. The Bertz CT molecular complexity index is 630. The summed E-state index contributed by atoms with van der Waals surface area (Å²) in [7, 11) is 0. The predicted molar refractivity (Wildman–Crippen MR) is 87.0 cm³/mol. The molecule has 2 heterocycles. The molecule has 2 aromatic heterocycles. The third-order valence-electron chi connectivity index (χ3n) is 3.40. The van der Waals surface area contributed by atoms with Gasteiger partial charge in [-0.25, -0.2) is 4.79 Å². The highest BCUT2D eigenvalue weighted by Gasteiger charge is 2.08. The fourth-order valence-corrected chi connectivity index (χ4v) is 2.22. The van der Waals surface area contributed by atoms with Gasteiger partial charge in [0.1, 0.15) is 0 Å². The molecular formula is C16H23N5O. The Hall–Kier alpha value is -2.37. The zero-order chi connectivity index (χ0) is 16.1. The molecule has 0 saturated carbocycles. The van der Waals surface area contributed by atoms with Gasteiger partial charge in [-0.2, -0.15) is 5.10 Å². The molecule has 0 fully saturated rings. The van der Waals surface area contributed by atoms with Crippen LogP contribution in [0.3, 0.4) is 0 Å². The van der Waals surface area contributed by atoms with Crippen molar-refractivity contribution >= 4 is 11.7 Å². The molecule has 2 aromatic rings. The monoisotopic (exact) mass is 301 g/mol. The van der Waals surface area contributed by atoms with Crippen LogP contribution in [-0.2, 0) is 6.54 Å². The molecule has 0 spiro atoms. The summed E-state index contributed by atoms with van der Waals surface area (Å²) in [6.45, 7) is 9.37. The van der Waals surface area contributed by atoms with E-state index in [4.69, 9.17) is 0 Å². The molecule has 0 saturated heterocycles. The number of pyridine rings is 1. The lowest BCUT2D eigenvalue weighted by molar-refractivity contribution is 0.251. The van der Waals surface area contributed by atoms with Gasteiger partial charge in [0.15, 0.2) is 0 Å². The van der Waals surface area contributed by atoms with Crippen molar-refractivity contribution in [3.05, 3.63) is 41.5 Å². The number of nitrogens with zero attached hydrogens (tertiary/aromatic N) is 3. The first-order chi connectivity index (χ1) is 10.5. The van der Waals surface area contributed by atoms with Gasteiger partial charge in [-0.1, -0.05) is 13.8 Å². The lowest BCUT2D eigenvalue weighted by Gasteiger charge is -2.07. The second kappa shape index (κ2) is 7.06. The maximum Gasteiger partial charge on any atom is 0.319 e. The van der Waals surface area contributed by atoms with Gasteiger partial charge in [-0.15, -0.1) is 0 Å². The van der Waals surface area contributed by atoms with E-state index in [9.17, 15) is 4.79 Å². The summed E-state index contributed by atoms with van der Waals surface area (Å²) in [5, 5.41) is 10.0. The molecule has 22 heavy (non-hydrogen) atoms. The lowest BCUT2D eigenvalue weighted by Crippen LogP contribution is -2.31. The van der Waals surface area contributed by atoms with Crippen molar-refractivity contribution in [2.45, 2.75) is 40.2 Å². The Balaban J connectivity index is 1.79. The number of nitrogens with one attached hydrogen (secondary N) is 2. The maximum atomic E-state index is 11.8. The molecule has 2 amide bonds. The number of urea groups is 1. The number of amides is 2. The molecule has 0 aliphatic rings. The number of hydrogen-bond acceptors (Lipinski definition) is 3. The Morgan fingerprint density at radius 1 is 1.32 bits per heavy atom. The Kier molecular flexibility index (Phi) is 5.14. The van der Waals surface area contributed by atoms with Crippen molar-refractivity contribution in [3.63, 3.8) is 0 Å². The van der Waals surface area contributed by atoms with E-state index in [1.165, 1.54) is 5.56 Å². The highest BCUT2D eigenvalue weighted by atomic mass is 16.2. The van der Waals surface area contributed by atoms with Crippen LogP contribution < -0.4 is 10.6 Å². The van der Waals surface area contributed by atoms with Crippen molar-refractivity contribution in [2.75, 3.05) is 11.9 Å². The molecule has 118 valence electrons. The first-order valence-corrected chi connectivity index (χ1v) is 7.47. The lowest BCUT2D eigenvalue weighted by atomic mass is 10.1. The summed E-state index contributed by atoms with van der Waals surface area (Å²) in [6.07, 6.45) is 3.68. The minimum Gasteiger partial charge on any atom is -0.336 e. The van der Waals surface area contributed by atoms with Gasteiger partial charge in [0.25, 0.3) is 0 Å². The number of anilines is 1. The third-order valence-corrected chi connectivity index (χ3v) is 3.40. The summed E-state index contributed by atoms with van der Waals surface area (Å²) < 4.78 is 1.87. The van der Waals surface area contributed by atoms with E-state index >= 15 is 0 Å². The minimum atomic E-state index is -0.237. The van der Waals surface area contributed by atoms with Crippen molar-refractivity contribution in [1.82, 2.24) is 20.1 Å². The average Bonchev–Trinajstić information content (AvgIpc) is 2.83. The summed E-state index contributed by atoms with van der Waals surface area (Å²) in [5.41, 5.74) is 3.89. The third kappa shape index (κ3) is 4.31. The summed E-state index contributed by atoms with van der Waals surface area (Å²) in [4.78, 5) is 15.9. The van der Waals surface area contributed by atoms with Gasteiger partial charge in [-0.05, 0) is 37.5 Å². The van der Waals surface area contributed by atoms with E-state index in [0.717, 1.165) is 11.4 Å². The second-order valence-electron chi connectivity index (χ2n) is 5.66. The van der Waals surface area contributed by atoms with Gasteiger partial charge in [0.05, 0.1) is 24.1 Å². The molecule has 0 unspecified atom stereocenters. The van der Waals surface area contributed by atoms with E-state index < -0.39 is 0 Å². The molecule has 6 heteroatoms. The minimum absolute atomic E-state index is 0.237. The van der Waals surface area contributed by atoms with E-state index in [2.05, 4.69) is 34.6 Å². The van der Waals surface area contributed by atoms with Crippen LogP contribution in [0.1, 0.15) is 36.7 Å². The fourth-order valence-electron chi connectivity index (χ4n) is 2.22. The van der Waals surface area contributed by atoms with Gasteiger partial charge >= 0.3 is 6.03 Å². The highest BCUT2D eigenvalue weighted by Crippen LogP contribution is 2.17. The first kappa shape index (κ1) is 16.0. The topological polar surface area (TPSA) is 71.8 Å². The van der Waals surface area contributed by atoms with Crippen LogP contribution in [0.25, 0.3) is 0 Å². The summed E-state index contributed by atoms with van der Waals surface area (Å²) in [6, 6.07) is 3.45.